The van der Waals surface area contributed by atoms with Crippen LogP contribution in [0.1, 0.15) is 58.1 Å². The lowest BCUT2D eigenvalue weighted by Crippen LogP contribution is -2.15. The van der Waals surface area contributed by atoms with Crippen LogP contribution in [0.2, 0.25) is 0 Å². The largest absolute Gasteiger partial charge is 0.493 e. The lowest BCUT2D eigenvalue weighted by molar-refractivity contribution is 0.00156. The van der Waals surface area contributed by atoms with E-state index in [1.807, 2.05) is 46.0 Å². The average molecular weight is 416 g/mol. The molecular weight excluding hydrogens is 385 g/mol. The third-order valence-electron chi connectivity index (χ3n) is 3.57. The van der Waals surface area contributed by atoms with Crippen LogP contribution >= 0.6 is 23.2 Å². The topological polar surface area (TPSA) is 40.0 Å². The quantitative estimate of drug-likeness (QED) is 0.232. The number of aryl methyl sites for hydroxylation is 2. The van der Waals surface area contributed by atoms with E-state index in [0.29, 0.717) is 13.2 Å². The van der Waals surface area contributed by atoms with Crippen LogP contribution in [0.15, 0.2) is 27.9 Å². The van der Waals surface area contributed by atoms with Crippen LogP contribution in [-0.2, 0) is 11.3 Å². The predicted octanol–water partition coefficient (Wildman–Crippen LogP) is 6.61. The van der Waals surface area contributed by atoms with E-state index in [1.54, 1.807) is 6.08 Å². The second-order valence-corrected chi connectivity index (χ2v) is 8.23. The first-order valence-corrected chi connectivity index (χ1v) is 10.1. The minimum absolute atomic E-state index is 0.206. The summed E-state index contributed by atoms with van der Waals surface area (Å²) in [5.41, 5.74) is 1.95. The summed E-state index contributed by atoms with van der Waals surface area (Å²) in [6.45, 7) is 11.1. The van der Waals surface area contributed by atoms with Crippen LogP contribution in [0.3, 0.4) is 0 Å². The van der Waals surface area contributed by atoms with Crippen molar-refractivity contribution in [1.29, 1.82) is 0 Å². The van der Waals surface area contributed by atoms with Crippen LogP contribution in [0.25, 0.3) is 0 Å². The summed E-state index contributed by atoms with van der Waals surface area (Å²) in [5.74, 6) is 1.73. The van der Waals surface area contributed by atoms with E-state index in [-0.39, 0.29) is 10.1 Å². The van der Waals surface area contributed by atoms with Gasteiger partial charge in [0.2, 0.25) is 0 Å². The molecule has 0 spiro atoms. The fourth-order valence-electron chi connectivity index (χ4n) is 2.32. The Morgan fingerprint density at radius 2 is 1.89 bits per heavy atom. The van der Waals surface area contributed by atoms with Gasteiger partial charge < -0.3 is 14.3 Å². The smallest absolute Gasteiger partial charge is 0.129 e. The zero-order chi connectivity index (χ0) is 20.3. The van der Waals surface area contributed by atoms with E-state index in [4.69, 9.17) is 37.5 Å². The van der Waals surface area contributed by atoms with E-state index in [0.717, 1.165) is 48.3 Å². The van der Waals surface area contributed by atoms with Crippen molar-refractivity contribution in [2.45, 2.75) is 65.9 Å². The molecule has 0 fully saturated rings. The fourth-order valence-corrected chi connectivity index (χ4v) is 2.45. The Hall–Kier alpha value is -1.39. The minimum atomic E-state index is -0.240. The van der Waals surface area contributed by atoms with Crippen LogP contribution in [0, 0.1) is 6.92 Å². The molecule has 1 aromatic carbocycles. The van der Waals surface area contributed by atoms with Gasteiger partial charge in [-0.25, -0.2) is 0 Å². The van der Waals surface area contributed by atoms with Gasteiger partial charge in [-0.15, -0.1) is 0 Å². The van der Waals surface area contributed by atoms with Gasteiger partial charge in [0.15, 0.2) is 0 Å². The van der Waals surface area contributed by atoms with Crippen LogP contribution in [-0.4, -0.2) is 25.0 Å². The van der Waals surface area contributed by atoms with Crippen molar-refractivity contribution < 1.29 is 14.3 Å². The maximum absolute atomic E-state index is 6.03. The highest BCUT2D eigenvalue weighted by Gasteiger charge is 2.10. The van der Waals surface area contributed by atoms with Gasteiger partial charge in [0, 0.05) is 6.21 Å². The summed E-state index contributed by atoms with van der Waals surface area (Å²) in [6, 6.07) is 3.98. The van der Waals surface area contributed by atoms with Crippen LogP contribution < -0.4 is 9.47 Å². The summed E-state index contributed by atoms with van der Waals surface area (Å²) >= 11 is 11.2. The highest BCUT2D eigenvalue weighted by atomic mass is 35.5. The molecule has 0 unspecified atom stereocenters. The molecule has 0 saturated heterocycles. The zero-order valence-electron chi connectivity index (χ0n) is 17.0. The van der Waals surface area contributed by atoms with E-state index >= 15 is 0 Å². The van der Waals surface area contributed by atoms with Crippen molar-refractivity contribution >= 4 is 29.4 Å². The molecule has 4 nitrogen and oxygen atoms in total. The lowest BCUT2D eigenvalue weighted by Gasteiger charge is -2.16. The molecule has 0 aliphatic rings. The number of hydrogen-bond acceptors (Lipinski definition) is 4. The average Bonchev–Trinajstić information content (AvgIpc) is 2.57. The van der Waals surface area contributed by atoms with Gasteiger partial charge in [0.25, 0.3) is 0 Å². The number of benzene rings is 1. The van der Waals surface area contributed by atoms with Crippen molar-refractivity contribution in [1.82, 2.24) is 0 Å². The van der Waals surface area contributed by atoms with Crippen molar-refractivity contribution in [2.24, 2.45) is 5.16 Å². The summed E-state index contributed by atoms with van der Waals surface area (Å²) in [6.07, 6.45) is 7.15. The molecule has 0 amide bonds. The van der Waals surface area contributed by atoms with Gasteiger partial charge in [0.1, 0.15) is 28.2 Å². The molecule has 1 aromatic rings. The summed E-state index contributed by atoms with van der Waals surface area (Å²) in [4.78, 5) is 5.31. The number of hydrogen-bond donors (Lipinski definition) is 0. The SMILES string of the molecule is CCc1cc(OCC=C(Cl)Cl)cc(C)c1OCCCCC=NOC(C)(C)C. The van der Waals surface area contributed by atoms with Crippen molar-refractivity contribution in [3.05, 3.63) is 33.8 Å². The Bertz CT molecular complexity index is 633. The standard InChI is InChI=1S/C21H31Cl2NO3/c1-6-17-15-18(25-13-10-19(22)23)14-16(2)20(17)26-12-9-7-8-11-24-27-21(3,4)5/h10-11,14-15H,6-9,12-13H2,1-5H3. The van der Waals surface area contributed by atoms with Gasteiger partial charge in [0.05, 0.1) is 6.61 Å². The molecule has 0 aromatic heterocycles. The minimum Gasteiger partial charge on any atom is -0.493 e. The molecule has 152 valence electrons. The highest BCUT2D eigenvalue weighted by molar-refractivity contribution is 6.55. The monoisotopic (exact) mass is 415 g/mol. The molecule has 0 aliphatic carbocycles. The zero-order valence-corrected chi connectivity index (χ0v) is 18.5. The molecule has 0 saturated carbocycles. The third-order valence-corrected chi connectivity index (χ3v) is 3.88. The molecule has 6 heteroatoms. The van der Waals surface area contributed by atoms with E-state index in [2.05, 4.69) is 12.1 Å². The van der Waals surface area contributed by atoms with Crippen molar-refractivity contribution in [3.8, 4) is 11.5 Å². The summed E-state index contributed by atoms with van der Waals surface area (Å²) in [5, 5.41) is 3.98. The first kappa shape index (κ1) is 23.6. The third kappa shape index (κ3) is 10.5. The first-order valence-electron chi connectivity index (χ1n) is 9.33. The molecule has 0 radical (unpaired) electrons. The highest BCUT2D eigenvalue weighted by Crippen LogP contribution is 2.30. The molecule has 0 heterocycles. The Morgan fingerprint density at radius 3 is 2.52 bits per heavy atom. The normalized spacial score (nSPS) is 11.5. The van der Waals surface area contributed by atoms with Gasteiger partial charge in [-0.3, -0.25) is 0 Å². The van der Waals surface area contributed by atoms with E-state index < -0.39 is 0 Å². The molecule has 27 heavy (non-hydrogen) atoms. The summed E-state index contributed by atoms with van der Waals surface area (Å²) in [7, 11) is 0. The van der Waals surface area contributed by atoms with Gasteiger partial charge >= 0.3 is 0 Å². The summed E-state index contributed by atoms with van der Waals surface area (Å²) < 4.78 is 11.9. The number of ether oxygens (including phenoxy) is 2. The number of nitrogens with zero attached hydrogens (tertiary/aromatic N) is 1. The van der Waals surface area contributed by atoms with E-state index in [1.165, 1.54) is 0 Å². The predicted molar refractivity (Wildman–Crippen MR) is 115 cm³/mol. The molecule has 0 bridgehead atoms. The molecular formula is C21H31Cl2NO3. The van der Waals surface area contributed by atoms with Gasteiger partial charge in [-0.1, -0.05) is 35.3 Å². The maximum Gasteiger partial charge on any atom is 0.129 e. The van der Waals surface area contributed by atoms with Crippen molar-refractivity contribution in [3.63, 3.8) is 0 Å². The molecule has 0 N–H and O–H groups in total. The second-order valence-electron chi connectivity index (χ2n) is 7.22. The number of unbranched alkanes of at least 4 members (excludes halogenated alkanes) is 2. The van der Waals surface area contributed by atoms with Crippen molar-refractivity contribution in [2.75, 3.05) is 13.2 Å². The molecule has 0 aliphatic heterocycles. The Morgan fingerprint density at radius 1 is 1.15 bits per heavy atom. The fraction of sp³-hybridized carbons (Fsp3) is 0.571. The van der Waals surface area contributed by atoms with Gasteiger partial charge in [-0.2, -0.15) is 0 Å². The number of halogens is 2. The molecule has 0 atom stereocenters. The van der Waals surface area contributed by atoms with Crippen LogP contribution in [0.4, 0.5) is 0 Å². The van der Waals surface area contributed by atoms with Crippen LogP contribution in [0.5, 0.6) is 11.5 Å². The first-order chi connectivity index (χ1) is 12.7. The lowest BCUT2D eigenvalue weighted by atomic mass is 10.1. The van der Waals surface area contributed by atoms with E-state index in [9.17, 15) is 0 Å². The Labute approximate surface area is 173 Å². The van der Waals surface area contributed by atoms with Gasteiger partial charge in [-0.05, 0) is 82.7 Å². The Kier molecular flexibility index (Phi) is 10.6. The Balaban J connectivity index is 2.47. The maximum atomic E-state index is 6.03. The number of oxime groups is 1. The molecule has 1 rings (SSSR count). The second kappa shape index (κ2) is 12.1. The number of rotatable bonds is 11.